The number of nitrogens with one attached hydrogen (secondary N) is 2. The molecule has 0 unspecified atom stereocenters. The Morgan fingerprint density at radius 2 is 1.46 bits per heavy atom. The van der Waals surface area contributed by atoms with Crippen LogP contribution in [0.2, 0.25) is 0 Å². The van der Waals surface area contributed by atoms with Gasteiger partial charge in [-0.1, -0.05) is 18.2 Å². The highest BCUT2D eigenvalue weighted by atomic mass is 16.2. The molecule has 0 spiro atoms. The van der Waals surface area contributed by atoms with Crippen LogP contribution < -0.4 is 10.9 Å². The van der Waals surface area contributed by atoms with Crippen LogP contribution in [-0.2, 0) is 0 Å². The van der Waals surface area contributed by atoms with Crippen molar-refractivity contribution < 1.29 is 4.79 Å². The molecule has 140 valence electrons. The summed E-state index contributed by atoms with van der Waals surface area (Å²) in [5, 5.41) is 8.43. The van der Waals surface area contributed by atoms with Gasteiger partial charge in [0.25, 0.3) is 5.91 Å². The molecule has 7 nitrogen and oxygen atoms in total. The molecule has 0 aliphatic carbocycles. The lowest BCUT2D eigenvalue weighted by Gasteiger charge is -2.06. The number of carbonyl (C=O) groups is 1. The minimum Gasteiger partial charge on any atom is -0.278 e. The van der Waals surface area contributed by atoms with Gasteiger partial charge in [0.05, 0.1) is 28.5 Å². The Balaban J connectivity index is 1.66. The summed E-state index contributed by atoms with van der Waals surface area (Å²) in [4.78, 5) is 20.8. The molecule has 0 saturated carbocycles. The maximum absolute atomic E-state index is 12.4. The van der Waals surface area contributed by atoms with E-state index in [4.69, 9.17) is 0 Å². The van der Waals surface area contributed by atoms with E-state index in [1.807, 2.05) is 49.4 Å². The first-order valence-electron chi connectivity index (χ1n) is 8.71. The summed E-state index contributed by atoms with van der Waals surface area (Å²) in [5.74, 6) is -0.315. The standard InChI is InChI=1S/C21H20N6O/c1-15(19-10-3-5-12-22-19)24-26-18-9-7-8-17(14-18)21(28)27-25-16(2)20-11-4-6-13-23-20/h3-14,26H,1-2H3,(H,27,28)/b24-15+,25-16+. The van der Waals surface area contributed by atoms with Gasteiger partial charge < -0.3 is 0 Å². The van der Waals surface area contributed by atoms with Gasteiger partial charge in [0.15, 0.2) is 0 Å². The molecular weight excluding hydrogens is 352 g/mol. The van der Waals surface area contributed by atoms with Crippen LogP contribution >= 0.6 is 0 Å². The quantitative estimate of drug-likeness (QED) is 0.512. The molecule has 3 aromatic rings. The van der Waals surface area contributed by atoms with Gasteiger partial charge in [0.1, 0.15) is 0 Å². The average Bonchev–Trinajstić information content (AvgIpc) is 2.77. The van der Waals surface area contributed by atoms with Crippen molar-refractivity contribution in [2.45, 2.75) is 13.8 Å². The molecule has 2 aromatic heterocycles. The van der Waals surface area contributed by atoms with Crippen molar-refractivity contribution in [3.8, 4) is 0 Å². The molecule has 2 heterocycles. The molecule has 1 amide bonds. The number of amides is 1. The van der Waals surface area contributed by atoms with E-state index < -0.39 is 0 Å². The number of hydrogen-bond donors (Lipinski definition) is 2. The van der Waals surface area contributed by atoms with Crippen LogP contribution in [0.15, 0.2) is 83.3 Å². The molecular formula is C21H20N6O. The summed E-state index contributed by atoms with van der Waals surface area (Å²) in [6.07, 6.45) is 3.39. The summed E-state index contributed by atoms with van der Waals surface area (Å²) >= 11 is 0. The number of carbonyl (C=O) groups excluding carboxylic acids is 1. The van der Waals surface area contributed by atoms with Crippen LogP contribution in [0.4, 0.5) is 5.69 Å². The van der Waals surface area contributed by atoms with Crippen molar-refractivity contribution in [2.24, 2.45) is 10.2 Å². The zero-order valence-electron chi connectivity index (χ0n) is 15.6. The second-order valence-corrected chi connectivity index (χ2v) is 5.96. The van der Waals surface area contributed by atoms with Crippen molar-refractivity contribution in [2.75, 3.05) is 5.43 Å². The van der Waals surface area contributed by atoms with Gasteiger partial charge in [-0.3, -0.25) is 20.2 Å². The Kier molecular flexibility index (Phi) is 6.20. The van der Waals surface area contributed by atoms with Crippen molar-refractivity contribution in [1.29, 1.82) is 0 Å². The van der Waals surface area contributed by atoms with E-state index in [0.29, 0.717) is 22.7 Å². The van der Waals surface area contributed by atoms with E-state index in [0.717, 1.165) is 11.4 Å². The largest absolute Gasteiger partial charge is 0.278 e. The first-order valence-corrected chi connectivity index (χ1v) is 8.71. The second-order valence-electron chi connectivity index (χ2n) is 5.96. The number of rotatable bonds is 6. The second kappa shape index (κ2) is 9.18. The van der Waals surface area contributed by atoms with Crippen molar-refractivity contribution in [3.05, 3.63) is 90.0 Å². The number of nitrogens with zero attached hydrogens (tertiary/aromatic N) is 4. The Morgan fingerprint density at radius 1 is 0.821 bits per heavy atom. The smallest absolute Gasteiger partial charge is 0.271 e. The van der Waals surface area contributed by atoms with Gasteiger partial charge in [0, 0.05) is 18.0 Å². The topological polar surface area (TPSA) is 91.6 Å². The lowest BCUT2D eigenvalue weighted by atomic mass is 10.2. The molecule has 1 aromatic carbocycles. The minimum absolute atomic E-state index is 0.315. The number of hydrazone groups is 2. The van der Waals surface area contributed by atoms with Gasteiger partial charge in [-0.25, -0.2) is 5.43 Å². The Labute approximate surface area is 163 Å². The Hall–Kier alpha value is -3.87. The molecule has 0 radical (unpaired) electrons. The van der Waals surface area contributed by atoms with Crippen LogP contribution in [0.1, 0.15) is 35.6 Å². The van der Waals surface area contributed by atoms with Gasteiger partial charge >= 0.3 is 0 Å². The maximum atomic E-state index is 12.4. The van der Waals surface area contributed by atoms with Crippen LogP contribution in [0, 0.1) is 0 Å². The van der Waals surface area contributed by atoms with E-state index in [1.54, 1.807) is 37.5 Å². The van der Waals surface area contributed by atoms with Crippen molar-refractivity contribution in [3.63, 3.8) is 0 Å². The molecule has 3 rings (SSSR count). The maximum Gasteiger partial charge on any atom is 0.271 e. The third-order valence-electron chi connectivity index (χ3n) is 3.87. The van der Waals surface area contributed by atoms with Crippen LogP contribution in [0.25, 0.3) is 0 Å². The number of aromatic nitrogens is 2. The third kappa shape index (κ3) is 5.07. The van der Waals surface area contributed by atoms with Crippen molar-refractivity contribution >= 4 is 23.0 Å². The van der Waals surface area contributed by atoms with E-state index in [-0.39, 0.29) is 5.91 Å². The highest BCUT2D eigenvalue weighted by molar-refractivity contribution is 6.00. The lowest BCUT2D eigenvalue weighted by Crippen LogP contribution is -2.19. The zero-order chi connectivity index (χ0) is 19.8. The lowest BCUT2D eigenvalue weighted by molar-refractivity contribution is 0.0955. The SMILES string of the molecule is C/C(=N\NC(=O)c1cccc(N/N=C(\C)c2ccccn2)c1)c1ccccn1. The predicted octanol–water partition coefficient (Wildman–Crippen LogP) is 3.47. The van der Waals surface area contributed by atoms with Gasteiger partial charge in [-0.15, -0.1) is 0 Å². The van der Waals surface area contributed by atoms with E-state index in [9.17, 15) is 4.79 Å². The first-order chi connectivity index (χ1) is 13.6. The van der Waals surface area contributed by atoms with Crippen LogP contribution in [0.3, 0.4) is 0 Å². The summed E-state index contributed by atoms with van der Waals surface area (Å²) in [6, 6.07) is 18.2. The number of pyridine rings is 2. The monoisotopic (exact) mass is 372 g/mol. The highest BCUT2D eigenvalue weighted by Gasteiger charge is 2.06. The van der Waals surface area contributed by atoms with Crippen LogP contribution in [-0.4, -0.2) is 27.3 Å². The number of benzene rings is 1. The van der Waals surface area contributed by atoms with Gasteiger partial charge in [-0.05, 0) is 56.3 Å². The molecule has 0 fully saturated rings. The molecule has 0 atom stereocenters. The molecule has 0 aliphatic heterocycles. The fraction of sp³-hybridized carbons (Fsp3) is 0.0952. The Bertz CT molecular complexity index is 1000. The van der Waals surface area contributed by atoms with Crippen LogP contribution in [0.5, 0.6) is 0 Å². The van der Waals surface area contributed by atoms with E-state index >= 15 is 0 Å². The third-order valence-corrected chi connectivity index (χ3v) is 3.87. The molecule has 0 bridgehead atoms. The number of hydrogen-bond acceptors (Lipinski definition) is 6. The van der Waals surface area contributed by atoms with Crippen molar-refractivity contribution in [1.82, 2.24) is 15.4 Å². The fourth-order valence-electron chi connectivity index (χ4n) is 2.35. The fourth-order valence-corrected chi connectivity index (χ4v) is 2.35. The summed E-state index contributed by atoms with van der Waals surface area (Å²) < 4.78 is 0. The summed E-state index contributed by atoms with van der Waals surface area (Å²) in [7, 11) is 0. The molecule has 0 aliphatic rings. The predicted molar refractivity (Wildman–Crippen MR) is 110 cm³/mol. The zero-order valence-corrected chi connectivity index (χ0v) is 15.6. The molecule has 7 heteroatoms. The summed E-state index contributed by atoms with van der Waals surface area (Å²) in [5.41, 5.74) is 9.51. The number of anilines is 1. The first kappa shape index (κ1) is 18.9. The molecule has 0 saturated heterocycles. The van der Waals surface area contributed by atoms with E-state index in [1.165, 1.54) is 0 Å². The minimum atomic E-state index is -0.315. The Morgan fingerprint density at radius 3 is 2.07 bits per heavy atom. The van der Waals surface area contributed by atoms with E-state index in [2.05, 4.69) is 31.0 Å². The highest BCUT2D eigenvalue weighted by Crippen LogP contribution is 2.11. The normalized spacial score (nSPS) is 11.8. The van der Waals surface area contributed by atoms with Gasteiger partial charge in [-0.2, -0.15) is 10.2 Å². The van der Waals surface area contributed by atoms with Gasteiger partial charge in [0.2, 0.25) is 0 Å². The average molecular weight is 372 g/mol. The molecule has 28 heavy (non-hydrogen) atoms. The summed E-state index contributed by atoms with van der Waals surface area (Å²) in [6.45, 7) is 3.65. The molecule has 2 N–H and O–H groups in total.